The molecule has 0 spiro atoms. The van der Waals surface area contributed by atoms with E-state index in [0.29, 0.717) is 11.3 Å². The SMILES string of the molecule is COc1cccc(-c2nc(COC(=O)c3cc(S(N)(=O)=O)ccc3C)cs2)c1. The molecule has 0 saturated heterocycles. The van der Waals surface area contributed by atoms with Gasteiger partial charge in [-0.15, -0.1) is 11.3 Å². The number of aromatic nitrogens is 1. The molecule has 3 aromatic rings. The Kier molecular flexibility index (Phi) is 5.78. The van der Waals surface area contributed by atoms with E-state index in [-0.39, 0.29) is 17.1 Å². The molecule has 2 N–H and O–H groups in total. The van der Waals surface area contributed by atoms with Crippen LogP contribution in [0.4, 0.5) is 0 Å². The minimum atomic E-state index is -3.90. The van der Waals surface area contributed by atoms with Gasteiger partial charge in [0.2, 0.25) is 10.0 Å². The third-order valence-electron chi connectivity index (χ3n) is 3.98. The number of nitrogens with zero attached hydrogens (tertiary/aromatic N) is 1. The molecule has 0 unspecified atom stereocenters. The van der Waals surface area contributed by atoms with Crippen molar-refractivity contribution in [3.05, 3.63) is 64.7 Å². The molecule has 2 aromatic carbocycles. The first kappa shape index (κ1) is 20.0. The van der Waals surface area contributed by atoms with Gasteiger partial charge >= 0.3 is 5.97 Å². The van der Waals surface area contributed by atoms with Crippen molar-refractivity contribution >= 4 is 27.3 Å². The van der Waals surface area contributed by atoms with E-state index in [4.69, 9.17) is 14.6 Å². The van der Waals surface area contributed by atoms with Gasteiger partial charge < -0.3 is 9.47 Å². The Morgan fingerprint density at radius 3 is 2.71 bits per heavy atom. The molecule has 0 radical (unpaired) electrons. The second kappa shape index (κ2) is 8.09. The lowest BCUT2D eigenvalue weighted by Gasteiger charge is -2.08. The maximum absolute atomic E-state index is 12.4. The number of carbonyl (C=O) groups excluding carboxylic acids is 1. The van der Waals surface area contributed by atoms with Crippen LogP contribution in [0.5, 0.6) is 5.75 Å². The molecule has 0 amide bonds. The van der Waals surface area contributed by atoms with Crippen molar-refractivity contribution in [2.24, 2.45) is 5.14 Å². The number of aryl methyl sites for hydroxylation is 1. The molecular weight excluding hydrogens is 400 g/mol. The van der Waals surface area contributed by atoms with Crippen LogP contribution in [0.25, 0.3) is 10.6 Å². The quantitative estimate of drug-likeness (QED) is 0.616. The number of ether oxygens (including phenoxy) is 2. The zero-order valence-electron chi connectivity index (χ0n) is 15.2. The molecule has 0 saturated carbocycles. The first-order valence-electron chi connectivity index (χ1n) is 8.17. The number of primary sulfonamides is 1. The maximum Gasteiger partial charge on any atom is 0.338 e. The predicted octanol–water partition coefficient (Wildman–Crippen LogP) is 3.13. The summed E-state index contributed by atoms with van der Waals surface area (Å²) < 4.78 is 33.5. The number of sulfonamides is 1. The van der Waals surface area contributed by atoms with Crippen molar-refractivity contribution in [1.82, 2.24) is 4.98 Å². The van der Waals surface area contributed by atoms with Crippen LogP contribution in [-0.4, -0.2) is 26.5 Å². The average molecular weight is 418 g/mol. The number of nitrogens with two attached hydrogens (primary N) is 1. The summed E-state index contributed by atoms with van der Waals surface area (Å²) in [6.45, 7) is 1.66. The highest BCUT2D eigenvalue weighted by Crippen LogP contribution is 2.27. The van der Waals surface area contributed by atoms with Gasteiger partial charge in [-0.25, -0.2) is 23.3 Å². The molecule has 9 heteroatoms. The molecule has 3 rings (SSSR count). The van der Waals surface area contributed by atoms with Crippen LogP contribution in [0.15, 0.2) is 52.7 Å². The van der Waals surface area contributed by atoms with Gasteiger partial charge in [0.1, 0.15) is 17.4 Å². The first-order valence-corrected chi connectivity index (χ1v) is 10.6. The van der Waals surface area contributed by atoms with Crippen LogP contribution in [0.3, 0.4) is 0 Å². The van der Waals surface area contributed by atoms with Crippen LogP contribution in [-0.2, 0) is 21.4 Å². The van der Waals surface area contributed by atoms with Crippen molar-refractivity contribution in [2.45, 2.75) is 18.4 Å². The minimum absolute atomic E-state index is 0.0294. The smallest absolute Gasteiger partial charge is 0.338 e. The predicted molar refractivity (Wildman–Crippen MR) is 106 cm³/mol. The van der Waals surface area contributed by atoms with E-state index >= 15 is 0 Å². The normalized spacial score (nSPS) is 11.2. The summed E-state index contributed by atoms with van der Waals surface area (Å²) >= 11 is 1.42. The fourth-order valence-corrected chi connectivity index (χ4v) is 3.82. The molecule has 7 nitrogen and oxygen atoms in total. The highest BCUT2D eigenvalue weighted by atomic mass is 32.2. The van der Waals surface area contributed by atoms with Gasteiger partial charge in [0, 0.05) is 10.9 Å². The molecule has 0 aliphatic rings. The topological polar surface area (TPSA) is 109 Å². The Bertz CT molecular complexity index is 1120. The maximum atomic E-state index is 12.4. The zero-order chi connectivity index (χ0) is 20.3. The fourth-order valence-electron chi connectivity index (χ4n) is 2.48. The Balaban J connectivity index is 1.73. The summed E-state index contributed by atoms with van der Waals surface area (Å²) in [5.41, 5.74) is 2.23. The second-order valence-electron chi connectivity index (χ2n) is 5.97. The monoisotopic (exact) mass is 418 g/mol. The number of thiazole rings is 1. The number of hydrogen-bond donors (Lipinski definition) is 1. The fraction of sp³-hybridized carbons (Fsp3) is 0.158. The van der Waals surface area contributed by atoms with E-state index in [1.165, 1.54) is 29.5 Å². The summed E-state index contributed by atoms with van der Waals surface area (Å²) in [6, 6.07) is 11.6. The van der Waals surface area contributed by atoms with E-state index in [0.717, 1.165) is 16.3 Å². The Morgan fingerprint density at radius 1 is 1.21 bits per heavy atom. The lowest BCUT2D eigenvalue weighted by atomic mass is 10.1. The molecular formula is C19H18N2O5S2. The molecule has 0 aliphatic heterocycles. The summed E-state index contributed by atoms with van der Waals surface area (Å²) in [5.74, 6) is 0.0878. The number of benzene rings is 2. The first-order chi connectivity index (χ1) is 13.3. The van der Waals surface area contributed by atoms with Gasteiger partial charge in [-0.3, -0.25) is 0 Å². The summed E-state index contributed by atoms with van der Waals surface area (Å²) in [6.07, 6.45) is 0. The zero-order valence-corrected chi connectivity index (χ0v) is 16.8. The number of hydrogen-bond acceptors (Lipinski definition) is 7. The van der Waals surface area contributed by atoms with Crippen molar-refractivity contribution in [3.63, 3.8) is 0 Å². The van der Waals surface area contributed by atoms with E-state index in [1.54, 1.807) is 19.4 Å². The van der Waals surface area contributed by atoms with Crippen LogP contribution >= 0.6 is 11.3 Å². The van der Waals surface area contributed by atoms with Crippen LogP contribution in [0.2, 0.25) is 0 Å². The molecule has 28 heavy (non-hydrogen) atoms. The highest BCUT2D eigenvalue weighted by Gasteiger charge is 2.16. The number of carbonyl (C=O) groups is 1. The molecule has 1 aromatic heterocycles. The van der Waals surface area contributed by atoms with Gasteiger partial charge in [0.05, 0.1) is 23.3 Å². The minimum Gasteiger partial charge on any atom is -0.497 e. The Hall–Kier alpha value is -2.75. The molecule has 1 heterocycles. The van der Waals surface area contributed by atoms with Crippen LogP contribution in [0.1, 0.15) is 21.6 Å². The van der Waals surface area contributed by atoms with Crippen molar-refractivity contribution in [3.8, 4) is 16.3 Å². The number of rotatable bonds is 6. The molecule has 0 atom stereocenters. The van der Waals surface area contributed by atoms with Crippen molar-refractivity contribution in [1.29, 1.82) is 0 Å². The average Bonchev–Trinajstić information content (AvgIpc) is 3.14. The number of methoxy groups -OCH3 is 1. The second-order valence-corrected chi connectivity index (χ2v) is 8.39. The van der Waals surface area contributed by atoms with E-state index in [9.17, 15) is 13.2 Å². The van der Waals surface area contributed by atoms with Crippen molar-refractivity contribution < 1.29 is 22.7 Å². The van der Waals surface area contributed by atoms with E-state index in [2.05, 4.69) is 4.98 Å². The summed E-state index contributed by atoms with van der Waals surface area (Å²) in [4.78, 5) is 16.7. The van der Waals surface area contributed by atoms with Crippen LogP contribution in [0, 0.1) is 6.92 Å². The van der Waals surface area contributed by atoms with E-state index in [1.807, 2.05) is 24.3 Å². The van der Waals surface area contributed by atoms with Gasteiger partial charge in [-0.05, 0) is 36.8 Å². The van der Waals surface area contributed by atoms with Gasteiger partial charge in [0.15, 0.2) is 0 Å². The molecule has 0 bridgehead atoms. The van der Waals surface area contributed by atoms with Gasteiger partial charge in [-0.1, -0.05) is 18.2 Å². The Labute approximate surface area is 166 Å². The molecule has 0 fully saturated rings. The molecule has 0 aliphatic carbocycles. The highest BCUT2D eigenvalue weighted by molar-refractivity contribution is 7.89. The number of esters is 1. The lowest BCUT2D eigenvalue weighted by Crippen LogP contribution is -2.14. The van der Waals surface area contributed by atoms with Crippen LogP contribution < -0.4 is 9.88 Å². The Morgan fingerprint density at radius 2 is 2.00 bits per heavy atom. The third-order valence-corrected chi connectivity index (χ3v) is 5.83. The summed E-state index contributed by atoms with van der Waals surface area (Å²) in [5, 5.41) is 7.70. The lowest BCUT2D eigenvalue weighted by molar-refractivity contribution is 0.0467. The third kappa shape index (κ3) is 4.56. The van der Waals surface area contributed by atoms with Crippen molar-refractivity contribution in [2.75, 3.05) is 7.11 Å². The van der Waals surface area contributed by atoms with Gasteiger partial charge in [0.25, 0.3) is 0 Å². The molecule has 146 valence electrons. The van der Waals surface area contributed by atoms with E-state index < -0.39 is 16.0 Å². The standard InChI is InChI=1S/C19H18N2O5S2/c1-12-6-7-16(28(20,23)24)9-17(12)19(22)26-10-14-11-27-18(21-14)13-4-3-5-15(8-13)25-2/h3-9,11H,10H2,1-2H3,(H2,20,23,24). The summed E-state index contributed by atoms with van der Waals surface area (Å²) in [7, 11) is -2.31. The van der Waals surface area contributed by atoms with Gasteiger partial charge in [-0.2, -0.15) is 0 Å². The largest absolute Gasteiger partial charge is 0.497 e.